The highest BCUT2D eigenvalue weighted by Crippen LogP contribution is 2.21. The van der Waals surface area contributed by atoms with Crippen molar-refractivity contribution in [2.24, 2.45) is 11.8 Å². The minimum Gasteiger partial charge on any atom is -0.317 e. The fourth-order valence-corrected chi connectivity index (χ4v) is 2.24. The molecule has 1 saturated heterocycles. The van der Waals surface area contributed by atoms with Gasteiger partial charge in [0.15, 0.2) is 0 Å². The van der Waals surface area contributed by atoms with Gasteiger partial charge in [0.2, 0.25) is 0 Å². The minimum atomic E-state index is 0.735. The van der Waals surface area contributed by atoms with Gasteiger partial charge in [-0.05, 0) is 44.8 Å². The first-order chi connectivity index (χ1) is 6.65. The summed E-state index contributed by atoms with van der Waals surface area (Å²) >= 11 is 0. The average molecular weight is 198 g/mol. The Hall–Kier alpha value is -0.0800. The lowest BCUT2D eigenvalue weighted by Crippen LogP contribution is -2.39. The third-order valence-corrected chi connectivity index (χ3v) is 3.57. The van der Waals surface area contributed by atoms with E-state index in [1.807, 2.05) is 0 Å². The molecule has 84 valence electrons. The van der Waals surface area contributed by atoms with Crippen molar-refractivity contribution in [1.82, 2.24) is 10.2 Å². The Morgan fingerprint density at radius 1 is 1.43 bits per heavy atom. The Morgan fingerprint density at radius 2 is 2.14 bits per heavy atom. The standard InChI is InChI=1S/C12H26N2/c1-5-13-8-11(3)12(4)14-7-6-10(2)9-14/h10-13H,5-9H2,1-4H3. The Bertz CT molecular complexity index is 158. The summed E-state index contributed by atoms with van der Waals surface area (Å²) in [5.74, 6) is 1.67. The van der Waals surface area contributed by atoms with Gasteiger partial charge >= 0.3 is 0 Å². The molecule has 2 heteroatoms. The van der Waals surface area contributed by atoms with E-state index < -0.39 is 0 Å². The molecule has 2 nitrogen and oxygen atoms in total. The number of nitrogens with zero attached hydrogens (tertiary/aromatic N) is 1. The third-order valence-electron chi connectivity index (χ3n) is 3.57. The van der Waals surface area contributed by atoms with Crippen LogP contribution >= 0.6 is 0 Å². The SMILES string of the molecule is CCNCC(C)C(C)N1CCC(C)C1. The lowest BCUT2D eigenvalue weighted by Gasteiger charge is -2.29. The van der Waals surface area contributed by atoms with Crippen molar-refractivity contribution < 1.29 is 0 Å². The first kappa shape index (κ1) is 12.0. The lowest BCUT2D eigenvalue weighted by molar-refractivity contribution is 0.191. The van der Waals surface area contributed by atoms with Gasteiger partial charge in [-0.2, -0.15) is 0 Å². The van der Waals surface area contributed by atoms with Gasteiger partial charge in [-0.1, -0.05) is 20.8 Å². The van der Waals surface area contributed by atoms with Crippen LogP contribution in [0, 0.1) is 11.8 Å². The molecular formula is C12H26N2. The van der Waals surface area contributed by atoms with Gasteiger partial charge in [-0.15, -0.1) is 0 Å². The van der Waals surface area contributed by atoms with Crippen molar-refractivity contribution in [3.8, 4) is 0 Å². The van der Waals surface area contributed by atoms with Crippen LogP contribution in [0.4, 0.5) is 0 Å². The summed E-state index contributed by atoms with van der Waals surface area (Å²) in [6, 6.07) is 0.735. The Morgan fingerprint density at radius 3 is 2.64 bits per heavy atom. The molecule has 0 aliphatic carbocycles. The van der Waals surface area contributed by atoms with E-state index in [1.54, 1.807) is 0 Å². The topological polar surface area (TPSA) is 15.3 Å². The molecule has 1 fully saturated rings. The Labute approximate surface area is 89.1 Å². The van der Waals surface area contributed by atoms with Crippen molar-refractivity contribution in [2.45, 2.75) is 40.2 Å². The minimum absolute atomic E-state index is 0.735. The van der Waals surface area contributed by atoms with Crippen LogP contribution in [0.25, 0.3) is 0 Å². The van der Waals surface area contributed by atoms with E-state index in [9.17, 15) is 0 Å². The van der Waals surface area contributed by atoms with Gasteiger partial charge in [0, 0.05) is 12.6 Å². The quantitative estimate of drug-likeness (QED) is 0.726. The maximum absolute atomic E-state index is 3.44. The number of hydrogen-bond donors (Lipinski definition) is 1. The predicted octanol–water partition coefficient (Wildman–Crippen LogP) is 1.96. The molecule has 1 aliphatic heterocycles. The second-order valence-electron chi connectivity index (χ2n) is 4.91. The maximum atomic E-state index is 3.44. The third kappa shape index (κ3) is 3.25. The van der Waals surface area contributed by atoms with Crippen LogP contribution < -0.4 is 5.32 Å². The van der Waals surface area contributed by atoms with Crippen molar-refractivity contribution in [3.63, 3.8) is 0 Å². The summed E-state index contributed by atoms with van der Waals surface area (Å²) in [7, 11) is 0. The Balaban J connectivity index is 2.28. The van der Waals surface area contributed by atoms with E-state index in [0.717, 1.165) is 31.0 Å². The van der Waals surface area contributed by atoms with E-state index in [0.29, 0.717) is 0 Å². The molecule has 0 radical (unpaired) electrons. The van der Waals surface area contributed by atoms with E-state index >= 15 is 0 Å². The molecule has 0 spiro atoms. The van der Waals surface area contributed by atoms with Crippen LogP contribution in [-0.4, -0.2) is 37.1 Å². The van der Waals surface area contributed by atoms with Gasteiger partial charge in [0.1, 0.15) is 0 Å². The van der Waals surface area contributed by atoms with Gasteiger partial charge in [-0.3, -0.25) is 0 Å². The number of rotatable bonds is 5. The molecule has 0 bridgehead atoms. The van der Waals surface area contributed by atoms with Crippen LogP contribution in [0.15, 0.2) is 0 Å². The first-order valence-electron chi connectivity index (χ1n) is 6.09. The van der Waals surface area contributed by atoms with E-state index in [4.69, 9.17) is 0 Å². The summed E-state index contributed by atoms with van der Waals surface area (Å²) < 4.78 is 0. The Kier molecular flexibility index (Phi) is 4.90. The molecule has 0 saturated carbocycles. The molecule has 3 unspecified atom stereocenters. The second kappa shape index (κ2) is 5.72. The van der Waals surface area contributed by atoms with Crippen molar-refractivity contribution in [1.29, 1.82) is 0 Å². The molecule has 14 heavy (non-hydrogen) atoms. The van der Waals surface area contributed by atoms with Gasteiger partial charge in [-0.25, -0.2) is 0 Å². The zero-order valence-electron chi connectivity index (χ0n) is 10.2. The fourth-order valence-electron chi connectivity index (χ4n) is 2.24. The highest BCUT2D eigenvalue weighted by molar-refractivity contribution is 4.80. The highest BCUT2D eigenvalue weighted by Gasteiger charge is 2.25. The van der Waals surface area contributed by atoms with Crippen molar-refractivity contribution in [3.05, 3.63) is 0 Å². The molecule has 1 N–H and O–H groups in total. The van der Waals surface area contributed by atoms with Crippen molar-refractivity contribution in [2.75, 3.05) is 26.2 Å². The summed E-state index contributed by atoms with van der Waals surface area (Å²) in [5, 5.41) is 3.44. The summed E-state index contributed by atoms with van der Waals surface area (Å²) in [6.45, 7) is 14.1. The van der Waals surface area contributed by atoms with Crippen LogP contribution in [0.2, 0.25) is 0 Å². The highest BCUT2D eigenvalue weighted by atomic mass is 15.2. The molecule has 0 aromatic carbocycles. The van der Waals surface area contributed by atoms with Crippen LogP contribution in [-0.2, 0) is 0 Å². The summed E-state index contributed by atoms with van der Waals surface area (Å²) in [6.07, 6.45) is 1.39. The van der Waals surface area contributed by atoms with Gasteiger partial charge < -0.3 is 10.2 Å². The smallest absolute Gasteiger partial charge is 0.0105 e. The van der Waals surface area contributed by atoms with E-state index in [-0.39, 0.29) is 0 Å². The maximum Gasteiger partial charge on any atom is 0.0105 e. The average Bonchev–Trinajstić information content (AvgIpc) is 2.60. The van der Waals surface area contributed by atoms with Gasteiger partial charge in [0.25, 0.3) is 0 Å². The lowest BCUT2D eigenvalue weighted by atomic mass is 10.0. The zero-order chi connectivity index (χ0) is 10.6. The summed E-state index contributed by atoms with van der Waals surface area (Å²) in [4.78, 5) is 2.65. The van der Waals surface area contributed by atoms with Crippen LogP contribution in [0.1, 0.15) is 34.1 Å². The van der Waals surface area contributed by atoms with Crippen molar-refractivity contribution >= 4 is 0 Å². The monoisotopic (exact) mass is 198 g/mol. The predicted molar refractivity (Wildman–Crippen MR) is 62.5 cm³/mol. The normalized spacial score (nSPS) is 27.9. The molecule has 0 aromatic rings. The fraction of sp³-hybridized carbons (Fsp3) is 1.00. The number of hydrogen-bond acceptors (Lipinski definition) is 2. The number of likely N-dealkylation sites (tertiary alicyclic amines) is 1. The largest absolute Gasteiger partial charge is 0.317 e. The second-order valence-corrected chi connectivity index (χ2v) is 4.91. The molecular weight excluding hydrogens is 172 g/mol. The van der Waals surface area contributed by atoms with Gasteiger partial charge in [0.05, 0.1) is 0 Å². The molecule has 1 rings (SSSR count). The molecule has 3 atom stereocenters. The first-order valence-corrected chi connectivity index (χ1v) is 6.09. The van der Waals surface area contributed by atoms with E-state index in [2.05, 4.69) is 37.9 Å². The molecule has 1 heterocycles. The summed E-state index contributed by atoms with van der Waals surface area (Å²) in [5.41, 5.74) is 0. The number of nitrogens with one attached hydrogen (secondary N) is 1. The molecule has 0 aromatic heterocycles. The van der Waals surface area contributed by atoms with Crippen LogP contribution in [0.5, 0.6) is 0 Å². The molecule has 1 aliphatic rings. The zero-order valence-corrected chi connectivity index (χ0v) is 10.2. The van der Waals surface area contributed by atoms with E-state index in [1.165, 1.54) is 19.5 Å². The molecule has 0 amide bonds. The van der Waals surface area contributed by atoms with Crippen LogP contribution in [0.3, 0.4) is 0 Å².